The number of hydrogen-bond donors (Lipinski definition) is 3. The second kappa shape index (κ2) is 3.47. The van der Waals surface area contributed by atoms with Crippen molar-refractivity contribution >= 4 is 11.0 Å². The van der Waals surface area contributed by atoms with Gasteiger partial charge in [0.2, 0.25) is 0 Å². The van der Waals surface area contributed by atoms with Crippen molar-refractivity contribution in [1.82, 2.24) is 15.0 Å². The number of H-pyrrole nitrogens is 2. The molecule has 0 radical (unpaired) electrons. The fraction of sp³-hybridized carbons (Fsp3) is 0.333. The van der Waals surface area contributed by atoms with Gasteiger partial charge in [0.15, 0.2) is 0 Å². The Hall–Kier alpha value is -1.69. The molecule has 2 unspecified atom stereocenters. The number of alkyl halides is 1. The van der Waals surface area contributed by atoms with E-state index < -0.39 is 12.2 Å². The molecule has 2 rings (SSSR count). The van der Waals surface area contributed by atoms with Crippen LogP contribution in [-0.2, 0) is 0 Å². The van der Waals surface area contributed by atoms with Crippen LogP contribution < -0.4 is 11.3 Å². The van der Waals surface area contributed by atoms with Gasteiger partial charge in [-0.15, -0.1) is 0 Å². The van der Waals surface area contributed by atoms with Gasteiger partial charge in [-0.3, -0.25) is 4.79 Å². The highest BCUT2D eigenvalue weighted by molar-refractivity contribution is 5.78. The second-order valence-corrected chi connectivity index (χ2v) is 3.40. The Bertz CT molecular complexity index is 530. The Kier molecular flexibility index (Phi) is 2.28. The quantitative estimate of drug-likeness (QED) is 0.678. The van der Waals surface area contributed by atoms with Gasteiger partial charge in [0.25, 0.3) is 5.56 Å². The molecule has 2 atom stereocenters. The summed E-state index contributed by atoms with van der Waals surface area (Å²) < 4.78 is 13.0. The van der Waals surface area contributed by atoms with Crippen molar-refractivity contribution in [3.8, 4) is 0 Å². The summed E-state index contributed by atoms with van der Waals surface area (Å²) in [6, 6.07) is -0.770. The molecule has 0 saturated heterocycles. The molecule has 0 bridgehead atoms. The van der Waals surface area contributed by atoms with Gasteiger partial charge in [-0.2, -0.15) is 0 Å². The van der Waals surface area contributed by atoms with Crippen LogP contribution in [0.4, 0.5) is 4.39 Å². The lowest BCUT2D eigenvalue weighted by molar-refractivity contribution is 0.310. The Balaban J connectivity index is 2.64. The van der Waals surface area contributed by atoms with Crippen molar-refractivity contribution in [3.63, 3.8) is 0 Å². The highest BCUT2D eigenvalue weighted by Gasteiger charge is 2.19. The molecule has 0 aromatic carbocycles. The number of hydrogen-bond acceptors (Lipinski definition) is 3. The van der Waals surface area contributed by atoms with Crippen LogP contribution in [0.3, 0.4) is 0 Å². The van der Waals surface area contributed by atoms with Gasteiger partial charge in [0.1, 0.15) is 17.2 Å². The van der Waals surface area contributed by atoms with Crippen molar-refractivity contribution in [1.29, 1.82) is 0 Å². The minimum atomic E-state index is -1.19. The largest absolute Gasteiger partial charge is 0.355 e. The van der Waals surface area contributed by atoms with E-state index in [1.165, 1.54) is 19.4 Å². The minimum absolute atomic E-state index is 0.287. The van der Waals surface area contributed by atoms with Gasteiger partial charge in [-0.25, -0.2) is 9.37 Å². The van der Waals surface area contributed by atoms with Gasteiger partial charge in [0, 0.05) is 11.8 Å². The lowest BCUT2D eigenvalue weighted by Crippen LogP contribution is -2.20. The number of fused-ring (bicyclic) bond motifs is 1. The zero-order chi connectivity index (χ0) is 11.0. The maximum atomic E-state index is 13.0. The van der Waals surface area contributed by atoms with Crippen LogP contribution in [-0.4, -0.2) is 21.1 Å². The normalized spacial score (nSPS) is 15.4. The predicted octanol–water partition coefficient (Wildman–Crippen LogP) is 0.609. The molecular weight excluding hydrogens is 199 g/mol. The van der Waals surface area contributed by atoms with E-state index in [-0.39, 0.29) is 5.56 Å². The SMILES string of the molecule is CC(F)C(N)c1c[nH]c2c(=O)[nH]cnc12. The molecule has 5 nitrogen and oxygen atoms in total. The smallest absolute Gasteiger partial charge is 0.275 e. The lowest BCUT2D eigenvalue weighted by Gasteiger charge is -2.10. The summed E-state index contributed by atoms with van der Waals surface area (Å²) in [5.74, 6) is 0. The third-order valence-corrected chi connectivity index (χ3v) is 2.35. The summed E-state index contributed by atoms with van der Waals surface area (Å²) in [5, 5.41) is 0. The molecule has 2 aromatic rings. The van der Waals surface area contributed by atoms with Gasteiger partial charge >= 0.3 is 0 Å². The fourth-order valence-corrected chi connectivity index (χ4v) is 1.47. The summed E-state index contributed by atoms with van der Waals surface area (Å²) in [6.07, 6.45) is 1.61. The van der Waals surface area contributed by atoms with E-state index in [2.05, 4.69) is 15.0 Å². The van der Waals surface area contributed by atoms with Crippen LogP contribution in [0.2, 0.25) is 0 Å². The molecule has 0 aliphatic rings. The third-order valence-electron chi connectivity index (χ3n) is 2.35. The molecule has 6 heteroatoms. The van der Waals surface area contributed by atoms with Crippen LogP contribution in [0.15, 0.2) is 17.3 Å². The van der Waals surface area contributed by atoms with Crippen LogP contribution in [0.25, 0.3) is 11.0 Å². The molecule has 80 valence electrons. The summed E-state index contributed by atoms with van der Waals surface area (Å²) in [6.45, 7) is 1.37. The summed E-state index contributed by atoms with van der Waals surface area (Å²) in [5.41, 5.74) is 6.63. The highest BCUT2D eigenvalue weighted by Crippen LogP contribution is 2.21. The van der Waals surface area contributed by atoms with Gasteiger partial charge in [-0.1, -0.05) is 0 Å². The first kappa shape index (κ1) is 9.85. The molecule has 4 N–H and O–H groups in total. The summed E-state index contributed by atoms with van der Waals surface area (Å²) >= 11 is 0. The van der Waals surface area contributed by atoms with Crippen LogP contribution in [0.5, 0.6) is 0 Å². The molecule has 0 aliphatic heterocycles. The number of halogens is 1. The van der Waals surface area contributed by atoms with E-state index in [9.17, 15) is 9.18 Å². The van der Waals surface area contributed by atoms with E-state index in [0.717, 1.165) is 0 Å². The maximum Gasteiger partial charge on any atom is 0.275 e. The Morgan fingerprint density at radius 3 is 2.93 bits per heavy atom. The molecule has 0 fully saturated rings. The fourth-order valence-electron chi connectivity index (χ4n) is 1.47. The van der Waals surface area contributed by atoms with Crippen molar-refractivity contribution in [2.75, 3.05) is 0 Å². The monoisotopic (exact) mass is 210 g/mol. The molecule has 2 aromatic heterocycles. The average molecular weight is 210 g/mol. The third kappa shape index (κ3) is 1.52. The number of nitrogens with zero attached hydrogens (tertiary/aromatic N) is 1. The minimum Gasteiger partial charge on any atom is -0.355 e. The Morgan fingerprint density at radius 1 is 1.53 bits per heavy atom. The zero-order valence-corrected chi connectivity index (χ0v) is 8.12. The molecule has 0 amide bonds. The maximum absolute atomic E-state index is 13.0. The van der Waals surface area contributed by atoms with Crippen molar-refractivity contribution in [2.24, 2.45) is 5.73 Å². The second-order valence-electron chi connectivity index (χ2n) is 3.40. The van der Waals surface area contributed by atoms with Crippen molar-refractivity contribution in [3.05, 3.63) is 28.4 Å². The highest BCUT2D eigenvalue weighted by atomic mass is 19.1. The van der Waals surface area contributed by atoms with Gasteiger partial charge < -0.3 is 15.7 Å². The number of aromatic amines is 2. The van der Waals surface area contributed by atoms with Gasteiger partial charge in [0.05, 0.1) is 12.4 Å². The van der Waals surface area contributed by atoms with Crippen molar-refractivity contribution in [2.45, 2.75) is 19.1 Å². The standard InChI is InChI=1S/C9H11FN4O/c1-4(10)6(11)5-2-12-8-7(5)13-3-14-9(8)15/h2-4,6,12H,11H2,1H3,(H,13,14,15). The van der Waals surface area contributed by atoms with E-state index in [1.54, 1.807) is 0 Å². The molecule has 2 heterocycles. The first-order valence-corrected chi connectivity index (χ1v) is 4.55. The van der Waals surface area contributed by atoms with Crippen molar-refractivity contribution < 1.29 is 4.39 Å². The van der Waals surface area contributed by atoms with E-state index in [1.807, 2.05) is 0 Å². The average Bonchev–Trinajstić information content (AvgIpc) is 2.61. The van der Waals surface area contributed by atoms with E-state index >= 15 is 0 Å². The molecule has 0 aliphatic carbocycles. The van der Waals surface area contributed by atoms with Crippen LogP contribution in [0, 0.1) is 0 Å². The lowest BCUT2D eigenvalue weighted by atomic mass is 10.1. The molecule has 0 saturated carbocycles. The first-order valence-electron chi connectivity index (χ1n) is 4.55. The number of nitrogens with two attached hydrogens (primary N) is 1. The number of rotatable bonds is 2. The summed E-state index contributed by atoms with van der Waals surface area (Å²) in [4.78, 5) is 20.5. The first-order chi connectivity index (χ1) is 7.11. The number of aromatic nitrogens is 3. The zero-order valence-electron chi connectivity index (χ0n) is 8.12. The molecule has 15 heavy (non-hydrogen) atoms. The van der Waals surface area contributed by atoms with E-state index in [4.69, 9.17) is 5.73 Å². The number of nitrogens with one attached hydrogen (secondary N) is 2. The predicted molar refractivity (Wildman–Crippen MR) is 54.2 cm³/mol. The van der Waals surface area contributed by atoms with Crippen LogP contribution in [0.1, 0.15) is 18.5 Å². The van der Waals surface area contributed by atoms with E-state index in [0.29, 0.717) is 16.6 Å². The Morgan fingerprint density at radius 2 is 2.27 bits per heavy atom. The molecular formula is C9H11FN4O. The summed E-state index contributed by atoms with van der Waals surface area (Å²) in [7, 11) is 0. The Labute approximate surface area is 84.5 Å². The van der Waals surface area contributed by atoms with Gasteiger partial charge in [-0.05, 0) is 6.92 Å². The molecule has 0 spiro atoms. The topological polar surface area (TPSA) is 87.6 Å². The van der Waals surface area contributed by atoms with Crippen LogP contribution >= 0.6 is 0 Å².